The van der Waals surface area contributed by atoms with Crippen molar-refractivity contribution in [1.29, 1.82) is 0 Å². The van der Waals surface area contributed by atoms with Crippen LogP contribution in [0, 0.1) is 5.92 Å². The first kappa shape index (κ1) is 13.6. The van der Waals surface area contributed by atoms with Crippen LogP contribution in [0.25, 0.3) is 0 Å². The molecule has 17 heavy (non-hydrogen) atoms. The molecule has 0 atom stereocenters. The van der Waals surface area contributed by atoms with E-state index in [9.17, 15) is 0 Å². The summed E-state index contributed by atoms with van der Waals surface area (Å²) in [6.07, 6.45) is 3.75. The van der Waals surface area contributed by atoms with Gasteiger partial charge in [0.2, 0.25) is 0 Å². The molecule has 0 heterocycles. The Hall–Kier alpha value is -1.44. The van der Waals surface area contributed by atoms with Crippen LogP contribution in [0.15, 0.2) is 30.9 Å². The largest absolute Gasteiger partial charge is 0.496 e. The first-order chi connectivity index (χ1) is 8.17. The number of rotatable bonds is 7. The molecule has 0 N–H and O–H groups in total. The summed E-state index contributed by atoms with van der Waals surface area (Å²) in [5, 5.41) is 0. The molecule has 0 saturated carbocycles. The smallest absolute Gasteiger partial charge is 0.126 e. The molecule has 2 nitrogen and oxygen atoms in total. The van der Waals surface area contributed by atoms with Gasteiger partial charge in [-0.15, -0.1) is 6.58 Å². The monoisotopic (exact) mass is 234 g/mol. The Kier molecular flexibility index (Phi) is 5.61. The lowest BCUT2D eigenvalue weighted by Crippen LogP contribution is -2.02. The fourth-order valence-corrected chi connectivity index (χ4v) is 1.55. The molecule has 0 aliphatic rings. The number of methoxy groups -OCH3 is 1. The van der Waals surface area contributed by atoms with Crippen molar-refractivity contribution in [3.8, 4) is 11.5 Å². The van der Waals surface area contributed by atoms with E-state index in [4.69, 9.17) is 9.47 Å². The van der Waals surface area contributed by atoms with Crippen molar-refractivity contribution in [2.75, 3.05) is 13.7 Å². The summed E-state index contributed by atoms with van der Waals surface area (Å²) in [4.78, 5) is 0. The Bertz CT molecular complexity index is 356. The minimum Gasteiger partial charge on any atom is -0.496 e. The van der Waals surface area contributed by atoms with E-state index in [2.05, 4.69) is 20.4 Å². The molecule has 0 aliphatic heterocycles. The van der Waals surface area contributed by atoms with Gasteiger partial charge >= 0.3 is 0 Å². The lowest BCUT2D eigenvalue weighted by molar-refractivity contribution is 0.287. The van der Waals surface area contributed by atoms with E-state index in [0.29, 0.717) is 5.92 Å². The molecule has 2 heteroatoms. The van der Waals surface area contributed by atoms with Crippen molar-refractivity contribution >= 4 is 0 Å². The molecule has 0 amide bonds. The van der Waals surface area contributed by atoms with Gasteiger partial charge in [-0.25, -0.2) is 0 Å². The van der Waals surface area contributed by atoms with E-state index in [-0.39, 0.29) is 0 Å². The molecule has 0 aliphatic carbocycles. The maximum Gasteiger partial charge on any atom is 0.126 e. The summed E-state index contributed by atoms with van der Waals surface area (Å²) < 4.78 is 11.0. The molecule has 0 spiro atoms. The van der Waals surface area contributed by atoms with Crippen molar-refractivity contribution in [2.24, 2.45) is 5.92 Å². The number of ether oxygens (including phenoxy) is 2. The lowest BCUT2D eigenvalue weighted by atomic mass is 10.1. The van der Waals surface area contributed by atoms with Crippen molar-refractivity contribution in [3.05, 3.63) is 36.4 Å². The molecule has 0 saturated heterocycles. The summed E-state index contributed by atoms with van der Waals surface area (Å²) in [6, 6.07) is 5.96. The Balaban J connectivity index is 2.65. The van der Waals surface area contributed by atoms with E-state index in [1.807, 2.05) is 24.3 Å². The van der Waals surface area contributed by atoms with Crippen LogP contribution in [0.4, 0.5) is 0 Å². The van der Waals surface area contributed by atoms with Gasteiger partial charge in [0.05, 0.1) is 13.7 Å². The number of hydrogen-bond donors (Lipinski definition) is 0. The minimum atomic E-state index is 0.664. The van der Waals surface area contributed by atoms with Gasteiger partial charge in [-0.2, -0.15) is 0 Å². The van der Waals surface area contributed by atoms with Gasteiger partial charge in [-0.05, 0) is 30.4 Å². The standard InChI is InChI=1S/C15H22O2/c1-5-6-13-7-8-14(11-15(13)16-4)17-10-9-12(2)3/h5,7-8,11-12H,1,6,9-10H2,2-4H3. The van der Waals surface area contributed by atoms with E-state index in [1.165, 1.54) is 0 Å². The van der Waals surface area contributed by atoms with E-state index in [1.54, 1.807) is 7.11 Å². The lowest BCUT2D eigenvalue weighted by Gasteiger charge is -2.11. The van der Waals surface area contributed by atoms with E-state index in [0.717, 1.165) is 36.5 Å². The third kappa shape index (κ3) is 4.51. The summed E-state index contributed by atoms with van der Waals surface area (Å²) in [6.45, 7) is 8.87. The highest BCUT2D eigenvalue weighted by molar-refractivity contribution is 5.41. The molecule has 0 bridgehead atoms. The fourth-order valence-electron chi connectivity index (χ4n) is 1.55. The first-order valence-corrected chi connectivity index (χ1v) is 6.08. The van der Waals surface area contributed by atoms with Gasteiger partial charge in [0.25, 0.3) is 0 Å². The summed E-state index contributed by atoms with van der Waals surface area (Å²) in [5.74, 6) is 2.40. The van der Waals surface area contributed by atoms with Gasteiger partial charge in [0.15, 0.2) is 0 Å². The number of hydrogen-bond acceptors (Lipinski definition) is 2. The molecule has 94 valence electrons. The molecule has 1 rings (SSSR count). The van der Waals surface area contributed by atoms with Gasteiger partial charge in [0.1, 0.15) is 11.5 Å². The van der Waals surface area contributed by atoms with Crippen molar-refractivity contribution < 1.29 is 9.47 Å². The predicted octanol–water partition coefficient (Wildman–Crippen LogP) is 3.85. The molecule has 0 unspecified atom stereocenters. The number of benzene rings is 1. The summed E-state index contributed by atoms with van der Waals surface area (Å²) >= 11 is 0. The SMILES string of the molecule is C=CCc1ccc(OCCC(C)C)cc1OC. The van der Waals surface area contributed by atoms with Crippen LogP contribution < -0.4 is 9.47 Å². The molecule has 0 fully saturated rings. The van der Waals surface area contributed by atoms with Crippen LogP contribution in [0.2, 0.25) is 0 Å². The van der Waals surface area contributed by atoms with Gasteiger partial charge in [-0.3, -0.25) is 0 Å². The van der Waals surface area contributed by atoms with Crippen LogP contribution >= 0.6 is 0 Å². The Morgan fingerprint density at radius 3 is 2.71 bits per heavy atom. The second-order valence-electron chi connectivity index (χ2n) is 4.50. The number of allylic oxidation sites excluding steroid dienone is 1. The van der Waals surface area contributed by atoms with Crippen LogP contribution in [-0.4, -0.2) is 13.7 Å². The van der Waals surface area contributed by atoms with Gasteiger partial charge < -0.3 is 9.47 Å². The third-order valence-electron chi connectivity index (χ3n) is 2.59. The fraction of sp³-hybridized carbons (Fsp3) is 0.467. The average Bonchev–Trinajstić information content (AvgIpc) is 2.30. The normalized spacial score (nSPS) is 10.4. The first-order valence-electron chi connectivity index (χ1n) is 6.08. The topological polar surface area (TPSA) is 18.5 Å². The third-order valence-corrected chi connectivity index (χ3v) is 2.59. The van der Waals surface area contributed by atoms with Crippen LogP contribution in [0.1, 0.15) is 25.8 Å². The highest BCUT2D eigenvalue weighted by Crippen LogP contribution is 2.25. The second kappa shape index (κ2) is 7.00. The zero-order valence-corrected chi connectivity index (χ0v) is 11.0. The summed E-state index contributed by atoms with van der Waals surface area (Å²) in [5.41, 5.74) is 1.14. The van der Waals surface area contributed by atoms with Crippen molar-refractivity contribution in [3.63, 3.8) is 0 Å². The van der Waals surface area contributed by atoms with Gasteiger partial charge in [0, 0.05) is 6.07 Å². The van der Waals surface area contributed by atoms with Gasteiger partial charge in [-0.1, -0.05) is 26.0 Å². The van der Waals surface area contributed by atoms with Crippen molar-refractivity contribution in [2.45, 2.75) is 26.7 Å². The zero-order valence-electron chi connectivity index (χ0n) is 11.0. The van der Waals surface area contributed by atoms with Crippen LogP contribution in [0.3, 0.4) is 0 Å². The molecule has 0 aromatic heterocycles. The Morgan fingerprint density at radius 1 is 1.35 bits per heavy atom. The minimum absolute atomic E-state index is 0.664. The Labute approximate surface area is 104 Å². The molecule has 1 aromatic rings. The summed E-state index contributed by atoms with van der Waals surface area (Å²) in [7, 11) is 1.68. The highest BCUT2D eigenvalue weighted by Gasteiger charge is 2.04. The maximum atomic E-state index is 5.69. The molecule has 0 radical (unpaired) electrons. The van der Waals surface area contributed by atoms with E-state index < -0.39 is 0 Å². The highest BCUT2D eigenvalue weighted by atomic mass is 16.5. The Morgan fingerprint density at radius 2 is 2.12 bits per heavy atom. The van der Waals surface area contributed by atoms with Crippen LogP contribution in [0.5, 0.6) is 11.5 Å². The zero-order chi connectivity index (χ0) is 12.7. The molecule has 1 aromatic carbocycles. The maximum absolute atomic E-state index is 5.69. The molecular formula is C15H22O2. The average molecular weight is 234 g/mol. The second-order valence-corrected chi connectivity index (χ2v) is 4.50. The molecular weight excluding hydrogens is 212 g/mol. The predicted molar refractivity (Wildman–Crippen MR) is 71.8 cm³/mol. The van der Waals surface area contributed by atoms with Crippen molar-refractivity contribution in [1.82, 2.24) is 0 Å². The van der Waals surface area contributed by atoms with Crippen LogP contribution in [-0.2, 0) is 6.42 Å². The van der Waals surface area contributed by atoms with E-state index >= 15 is 0 Å². The quantitative estimate of drug-likeness (QED) is 0.667.